The Morgan fingerprint density at radius 3 is 2.50 bits per heavy atom. The van der Waals surface area contributed by atoms with E-state index in [0.717, 1.165) is 38.8 Å². The summed E-state index contributed by atoms with van der Waals surface area (Å²) in [4.78, 5) is 26.3. The lowest BCUT2D eigenvalue weighted by molar-refractivity contribution is -0.123. The number of benzene rings is 1. The smallest absolute Gasteiger partial charge is 0.238 e. The summed E-state index contributed by atoms with van der Waals surface area (Å²) in [5, 5.41) is 6.05. The average molecular weight is 359 g/mol. The van der Waals surface area contributed by atoms with Crippen molar-refractivity contribution >= 4 is 17.5 Å². The molecule has 1 aromatic carbocycles. The molecule has 3 aliphatic rings. The van der Waals surface area contributed by atoms with Crippen LogP contribution in [0.25, 0.3) is 0 Å². The van der Waals surface area contributed by atoms with Gasteiger partial charge < -0.3 is 20.1 Å². The molecule has 2 aliphatic heterocycles. The molecule has 1 aromatic rings. The van der Waals surface area contributed by atoms with Crippen LogP contribution in [0.1, 0.15) is 25.7 Å². The van der Waals surface area contributed by atoms with E-state index in [1.165, 1.54) is 0 Å². The number of amides is 2. The highest BCUT2D eigenvalue weighted by Crippen LogP contribution is 2.32. The molecule has 7 nitrogen and oxygen atoms in total. The highest BCUT2D eigenvalue weighted by molar-refractivity contribution is 5.92. The first-order valence-corrected chi connectivity index (χ1v) is 9.39. The lowest BCUT2D eigenvalue weighted by Gasteiger charge is -2.31. The maximum Gasteiger partial charge on any atom is 0.238 e. The first-order valence-electron chi connectivity index (χ1n) is 9.39. The molecule has 2 heterocycles. The number of hydrogen-bond donors (Lipinski definition) is 2. The minimum atomic E-state index is -0.0397. The van der Waals surface area contributed by atoms with Crippen molar-refractivity contribution in [2.75, 3.05) is 38.2 Å². The van der Waals surface area contributed by atoms with E-state index in [9.17, 15) is 9.59 Å². The second-order valence-corrected chi connectivity index (χ2v) is 7.24. The average Bonchev–Trinajstić information content (AvgIpc) is 3.48. The van der Waals surface area contributed by atoms with Crippen LogP contribution in [-0.2, 0) is 9.59 Å². The van der Waals surface area contributed by atoms with Gasteiger partial charge in [0.1, 0.15) is 13.2 Å². The standard InChI is InChI=1S/C19H25N3O4/c23-18(20-15-3-4-16-17(11-15)26-10-9-25-16)12-22-7-5-14(6-8-22)21-19(24)13-1-2-13/h3-4,11,13-14H,1-2,5-10,12H2,(H,20,23)(H,21,24). The van der Waals surface area contributed by atoms with Gasteiger partial charge in [0.15, 0.2) is 11.5 Å². The van der Waals surface area contributed by atoms with Crippen LogP contribution in [-0.4, -0.2) is 55.6 Å². The molecule has 0 spiro atoms. The van der Waals surface area contributed by atoms with E-state index < -0.39 is 0 Å². The molecule has 1 aliphatic carbocycles. The fourth-order valence-electron chi connectivity index (χ4n) is 3.42. The number of hydrogen-bond acceptors (Lipinski definition) is 5. The molecular weight excluding hydrogens is 334 g/mol. The second kappa shape index (κ2) is 7.53. The monoisotopic (exact) mass is 359 g/mol. The molecule has 0 bridgehead atoms. The molecule has 140 valence electrons. The molecule has 0 aromatic heterocycles. The van der Waals surface area contributed by atoms with Crippen LogP contribution in [0.15, 0.2) is 18.2 Å². The molecule has 1 saturated carbocycles. The van der Waals surface area contributed by atoms with Crippen molar-refractivity contribution in [2.24, 2.45) is 5.92 Å². The number of anilines is 1. The van der Waals surface area contributed by atoms with Crippen molar-refractivity contribution in [2.45, 2.75) is 31.7 Å². The molecule has 2 amide bonds. The van der Waals surface area contributed by atoms with Crippen LogP contribution >= 0.6 is 0 Å². The van der Waals surface area contributed by atoms with E-state index in [2.05, 4.69) is 15.5 Å². The van der Waals surface area contributed by atoms with Gasteiger partial charge in [-0.1, -0.05) is 0 Å². The van der Waals surface area contributed by atoms with Crippen LogP contribution < -0.4 is 20.1 Å². The molecular formula is C19H25N3O4. The van der Waals surface area contributed by atoms with E-state index >= 15 is 0 Å². The highest BCUT2D eigenvalue weighted by Gasteiger charge is 2.31. The van der Waals surface area contributed by atoms with E-state index in [1.54, 1.807) is 6.07 Å². The largest absolute Gasteiger partial charge is 0.486 e. The van der Waals surface area contributed by atoms with Gasteiger partial charge in [-0.05, 0) is 37.8 Å². The SMILES string of the molecule is O=C(CN1CCC(NC(=O)C2CC2)CC1)Nc1ccc2c(c1)OCCO2. The van der Waals surface area contributed by atoms with Gasteiger partial charge in [-0.2, -0.15) is 0 Å². The van der Waals surface area contributed by atoms with Crippen LogP contribution in [0.2, 0.25) is 0 Å². The summed E-state index contributed by atoms with van der Waals surface area (Å²) in [5.41, 5.74) is 0.714. The number of likely N-dealkylation sites (tertiary alicyclic amines) is 1. The van der Waals surface area contributed by atoms with Gasteiger partial charge in [0, 0.05) is 36.8 Å². The minimum Gasteiger partial charge on any atom is -0.486 e. The Labute approximate surface area is 153 Å². The van der Waals surface area contributed by atoms with Crippen molar-refractivity contribution in [1.82, 2.24) is 10.2 Å². The number of nitrogens with zero attached hydrogens (tertiary/aromatic N) is 1. The number of carbonyl (C=O) groups excluding carboxylic acids is 2. The molecule has 7 heteroatoms. The molecule has 26 heavy (non-hydrogen) atoms. The van der Waals surface area contributed by atoms with Crippen molar-refractivity contribution in [1.29, 1.82) is 0 Å². The maximum atomic E-state index is 12.3. The van der Waals surface area contributed by atoms with Crippen molar-refractivity contribution in [3.63, 3.8) is 0 Å². The topological polar surface area (TPSA) is 79.9 Å². The summed E-state index contributed by atoms with van der Waals surface area (Å²) in [7, 11) is 0. The number of piperidine rings is 1. The third-order valence-corrected chi connectivity index (χ3v) is 5.08. The fourth-order valence-corrected chi connectivity index (χ4v) is 3.42. The number of fused-ring (bicyclic) bond motifs is 1. The zero-order valence-electron chi connectivity index (χ0n) is 14.8. The lowest BCUT2D eigenvalue weighted by atomic mass is 10.0. The summed E-state index contributed by atoms with van der Waals surface area (Å²) >= 11 is 0. The first-order chi connectivity index (χ1) is 12.7. The number of ether oxygens (including phenoxy) is 2. The van der Waals surface area contributed by atoms with Gasteiger partial charge in [-0.15, -0.1) is 0 Å². The Kier molecular flexibility index (Phi) is 4.97. The van der Waals surface area contributed by atoms with E-state index in [-0.39, 0.29) is 23.8 Å². The van der Waals surface area contributed by atoms with Gasteiger partial charge in [0.05, 0.1) is 6.54 Å². The summed E-state index contributed by atoms with van der Waals surface area (Å²) in [6.07, 6.45) is 3.86. The maximum absolute atomic E-state index is 12.3. The van der Waals surface area contributed by atoms with E-state index in [0.29, 0.717) is 36.9 Å². The van der Waals surface area contributed by atoms with Crippen LogP contribution in [0.3, 0.4) is 0 Å². The van der Waals surface area contributed by atoms with Crippen molar-refractivity contribution in [3.05, 3.63) is 18.2 Å². The predicted molar refractivity (Wildman–Crippen MR) is 96.4 cm³/mol. The Morgan fingerprint density at radius 1 is 1.04 bits per heavy atom. The summed E-state index contributed by atoms with van der Waals surface area (Å²) in [5.74, 6) is 1.80. The Bertz CT molecular complexity index is 681. The number of rotatable bonds is 5. The third-order valence-electron chi connectivity index (χ3n) is 5.08. The highest BCUT2D eigenvalue weighted by atomic mass is 16.6. The van der Waals surface area contributed by atoms with Gasteiger partial charge in [-0.3, -0.25) is 14.5 Å². The van der Waals surface area contributed by atoms with Crippen LogP contribution in [0.4, 0.5) is 5.69 Å². The predicted octanol–water partition coefficient (Wildman–Crippen LogP) is 1.39. The van der Waals surface area contributed by atoms with E-state index in [4.69, 9.17) is 9.47 Å². The molecule has 0 radical (unpaired) electrons. The quantitative estimate of drug-likeness (QED) is 0.830. The van der Waals surface area contributed by atoms with Crippen molar-refractivity contribution in [3.8, 4) is 11.5 Å². The molecule has 0 atom stereocenters. The van der Waals surface area contributed by atoms with Crippen molar-refractivity contribution < 1.29 is 19.1 Å². The van der Waals surface area contributed by atoms with Gasteiger partial charge in [-0.25, -0.2) is 0 Å². The summed E-state index contributed by atoms with van der Waals surface area (Å²) in [6, 6.07) is 5.69. The van der Waals surface area contributed by atoms with Crippen LogP contribution in [0.5, 0.6) is 11.5 Å². The van der Waals surface area contributed by atoms with Crippen LogP contribution in [0, 0.1) is 5.92 Å². The normalized spacial score (nSPS) is 20.5. The summed E-state index contributed by atoms with van der Waals surface area (Å²) < 4.78 is 11.0. The molecule has 4 rings (SSSR count). The van der Waals surface area contributed by atoms with Gasteiger partial charge >= 0.3 is 0 Å². The number of nitrogens with one attached hydrogen (secondary N) is 2. The zero-order chi connectivity index (χ0) is 17.9. The second-order valence-electron chi connectivity index (χ2n) is 7.24. The molecule has 1 saturated heterocycles. The molecule has 0 unspecified atom stereocenters. The minimum absolute atomic E-state index is 0.0397. The Balaban J connectivity index is 1.22. The fraction of sp³-hybridized carbons (Fsp3) is 0.579. The Hall–Kier alpha value is -2.28. The molecule has 2 N–H and O–H groups in total. The van der Waals surface area contributed by atoms with Gasteiger partial charge in [0.25, 0.3) is 0 Å². The Morgan fingerprint density at radius 2 is 1.77 bits per heavy atom. The number of carbonyl (C=O) groups is 2. The summed E-state index contributed by atoms with van der Waals surface area (Å²) in [6.45, 7) is 3.08. The van der Waals surface area contributed by atoms with E-state index in [1.807, 2.05) is 12.1 Å². The lowest BCUT2D eigenvalue weighted by Crippen LogP contribution is -2.46. The third kappa shape index (κ3) is 4.27. The first kappa shape index (κ1) is 17.1. The van der Waals surface area contributed by atoms with Gasteiger partial charge in [0.2, 0.25) is 11.8 Å². The molecule has 2 fully saturated rings. The zero-order valence-corrected chi connectivity index (χ0v) is 14.8.